The standard InChI is InChI=1S/C9H10ClN3O2S2/c1-2-13-8(6-7-4-3-5-16-7)11-12-9(13)17(10,14)15/h3-5H,2,6H2,1H3. The average molecular weight is 292 g/mol. The van der Waals surface area contributed by atoms with Crippen LogP contribution in [0.15, 0.2) is 22.7 Å². The van der Waals surface area contributed by atoms with Crippen molar-refractivity contribution in [3.63, 3.8) is 0 Å². The van der Waals surface area contributed by atoms with E-state index in [4.69, 9.17) is 10.7 Å². The molecule has 2 aromatic heterocycles. The molecular weight excluding hydrogens is 282 g/mol. The van der Waals surface area contributed by atoms with Crippen LogP contribution < -0.4 is 0 Å². The third-order valence-electron chi connectivity index (χ3n) is 2.24. The van der Waals surface area contributed by atoms with Gasteiger partial charge < -0.3 is 4.57 Å². The van der Waals surface area contributed by atoms with Crippen LogP contribution in [0.1, 0.15) is 17.6 Å². The van der Waals surface area contributed by atoms with Crippen LogP contribution in [0.25, 0.3) is 0 Å². The Kier molecular flexibility index (Phi) is 3.50. The highest BCUT2D eigenvalue weighted by atomic mass is 35.7. The summed E-state index contributed by atoms with van der Waals surface area (Å²) in [5.74, 6) is 0.606. The predicted molar refractivity (Wildman–Crippen MR) is 65.9 cm³/mol. The van der Waals surface area contributed by atoms with Crippen molar-refractivity contribution in [2.45, 2.75) is 25.0 Å². The molecule has 92 valence electrons. The maximum absolute atomic E-state index is 11.3. The number of aromatic nitrogens is 3. The normalized spacial score (nSPS) is 11.9. The summed E-state index contributed by atoms with van der Waals surface area (Å²) in [6.07, 6.45) is 0.560. The van der Waals surface area contributed by atoms with Gasteiger partial charge in [0.25, 0.3) is 14.2 Å². The van der Waals surface area contributed by atoms with E-state index in [9.17, 15) is 8.42 Å². The van der Waals surface area contributed by atoms with Crippen molar-refractivity contribution in [1.29, 1.82) is 0 Å². The van der Waals surface area contributed by atoms with E-state index in [1.807, 2.05) is 24.4 Å². The second-order valence-corrected chi connectivity index (χ2v) is 6.83. The van der Waals surface area contributed by atoms with Crippen molar-refractivity contribution >= 4 is 31.1 Å². The molecule has 2 heterocycles. The number of thiophene rings is 1. The first-order valence-electron chi connectivity index (χ1n) is 4.91. The van der Waals surface area contributed by atoms with E-state index in [2.05, 4.69) is 10.2 Å². The lowest BCUT2D eigenvalue weighted by Crippen LogP contribution is -2.08. The molecule has 0 saturated carbocycles. The molecule has 8 heteroatoms. The van der Waals surface area contributed by atoms with Crippen molar-refractivity contribution < 1.29 is 8.42 Å². The van der Waals surface area contributed by atoms with Gasteiger partial charge in [0, 0.05) is 28.5 Å². The molecule has 5 nitrogen and oxygen atoms in total. The molecule has 0 aliphatic carbocycles. The molecule has 17 heavy (non-hydrogen) atoms. The SMILES string of the molecule is CCn1c(Cc2cccs2)nnc1S(=O)(=O)Cl. The highest BCUT2D eigenvalue weighted by Gasteiger charge is 2.21. The molecule has 0 amide bonds. The minimum atomic E-state index is -3.84. The maximum Gasteiger partial charge on any atom is 0.296 e. The minimum absolute atomic E-state index is 0.187. The van der Waals surface area contributed by atoms with Crippen LogP contribution in [0.3, 0.4) is 0 Å². The van der Waals surface area contributed by atoms with Crippen LogP contribution in [0, 0.1) is 0 Å². The molecule has 2 aromatic rings. The highest BCUT2D eigenvalue weighted by molar-refractivity contribution is 8.13. The van der Waals surface area contributed by atoms with Gasteiger partial charge in [-0.2, -0.15) is 0 Å². The van der Waals surface area contributed by atoms with Crippen molar-refractivity contribution in [2.75, 3.05) is 0 Å². The summed E-state index contributed by atoms with van der Waals surface area (Å²) in [4.78, 5) is 1.10. The van der Waals surface area contributed by atoms with Gasteiger partial charge >= 0.3 is 0 Å². The molecule has 0 unspecified atom stereocenters. The van der Waals surface area contributed by atoms with Crippen LogP contribution in [0.4, 0.5) is 0 Å². The van der Waals surface area contributed by atoms with Gasteiger partial charge in [-0.1, -0.05) is 6.07 Å². The van der Waals surface area contributed by atoms with Crippen LogP contribution >= 0.6 is 22.0 Å². The molecule has 0 atom stereocenters. The van der Waals surface area contributed by atoms with Gasteiger partial charge in [0.05, 0.1) is 0 Å². The molecule has 0 radical (unpaired) electrons. The fourth-order valence-corrected chi connectivity index (χ4v) is 3.20. The summed E-state index contributed by atoms with van der Waals surface area (Å²) in [6.45, 7) is 2.29. The Labute approximate surface area is 107 Å². The predicted octanol–water partition coefficient (Wildman–Crippen LogP) is 1.88. The first kappa shape index (κ1) is 12.5. The summed E-state index contributed by atoms with van der Waals surface area (Å²) < 4.78 is 24.1. The Morgan fingerprint density at radius 1 is 1.47 bits per heavy atom. The molecule has 2 rings (SSSR count). The van der Waals surface area contributed by atoms with E-state index in [1.54, 1.807) is 11.3 Å². The number of halogens is 1. The largest absolute Gasteiger partial charge is 0.301 e. The van der Waals surface area contributed by atoms with E-state index in [0.29, 0.717) is 18.8 Å². The lowest BCUT2D eigenvalue weighted by molar-refractivity contribution is 0.576. The Bertz CT molecular complexity index is 604. The molecular formula is C9H10ClN3O2S2. The van der Waals surface area contributed by atoms with E-state index >= 15 is 0 Å². The second-order valence-electron chi connectivity index (χ2n) is 3.34. The molecule has 0 aliphatic heterocycles. The highest BCUT2D eigenvalue weighted by Crippen LogP contribution is 2.18. The van der Waals surface area contributed by atoms with Crippen LogP contribution in [0.5, 0.6) is 0 Å². The quantitative estimate of drug-likeness (QED) is 0.807. The van der Waals surface area contributed by atoms with Crippen LogP contribution in [-0.2, 0) is 22.0 Å². The fourth-order valence-electron chi connectivity index (χ4n) is 1.52. The zero-order chi connectivity index (χ0) is 12.5. The smallest absolute Gasteiger partial charge is 0.296 e. The molecule has 0 spiro atoms. The van der Waals surface area contributed by atoms with E-state index < -0.39 is 9.05 Å². The molecule has 0 bridgehead atoms. The molecule has 0 aliphatic rings. The lowest BCUT2D eigenvalue weighted by Gasteiger charge is -2.04. The third kappa shape index (κ3) is 2.67. The van der Waals surface area contributed by atoms with Gasteiger partial charge in [0.2, 0.25) is 0 Å². The number of rotatable bonds is 4. The van der Waals surface area contributed by atoms with Gasteiger partial charge in [-0.25, -0.2) is 8.42 Å². The zero-order valence-corrected chi connectivity index (χ0v) is 11.4. The Morgan fingerprint density at radius 3 is 2.76 bits per heavy atom. The van der Waals surface area contributed by atoms with Gasteiger partial charge in [0.15, 0.2) is 0 Å². The number of hydrogen-bond acceptors (Lipinski definition) is 5. The van der Waals surface area contributed by atoms with Crippen molar-refractivity contribution in [3.05, 3.63) is 28.2 Å². The molecule has 0 aromatic carbocycles. The molecule has 0 saturated heterocycles. The molecule has 0 N–H and O–H groups in total. The van der Waals surface area contributed by atoms with Gasteiger partial charge in [0.1, 0.15) is 5.82 Å². The first-order valence-corrected chi connectivity index (χ1v) is 8.10. The van der Waals surface area contributed by atoms with Crippen LogP contribution in [0.2, 0.25) is 0 Å². The van der Waals surface area contributed by atoms with E-state index in [-0.39, 0.29) is 5.16 Å². The average Bonchev–Trinajstić information content (AvgIpc) is 2.85. The Balaban J connectivity index is 2.40. The van der Waals surface area contributed by atoms with Crippen molar-refractivity contribution in [1.82, 2.24) is 14.8 Å². The topological polar surface area (TPSA) is 64.8 Å². The van der Waals surface area contributed by atoms with Crippen molar-refractivity contribution in [2.24, 2.45) is 0 Å². The third-order valence-corrected chi connectivity index (χ3v) is 4.27. The number of nitrogens with zero attached hydrogens (tertiary/aromatic N) is 3. The summed E-state index contributed by atoms with van der Waals surface area (Å²) in [6, 6.07) is 3.90. The summed E-state index contributed by atoms with van der Waals surface area (Å²) in [5, 5.41) is 9.29. The zero-order valence-electron chi connectivity index (χ0n) is 9.00. The van der Waals surface area contributed by atoms with Gasteiger partial charge in [-0.05, 0) is 18.4 Å². The van der Waals surface area contributed by atoms with E-state index in [0.717, 1.165) is 4.88 Å². The van der Waals surface area contributed by atoms with Gasteiger partial charge in [-0.15, -0.1) is 21.5 Å². The maximum atomic E-state index is 11.3. The molecule has 0 fully saturated rings. The lowest BCUT2D eigenvalue weighted by atomic mass is 10.3. The second kappa shape index (κ2) is 4.75. The Hall–Kier alpha value is -0.920. The van der Waals surface area contributed by atoms with Crippen LogP contribution in [-0.4, -0.2) is 23.2 Å². The fraction of sp³-hybridized carbons (Fsp3) is 0.333. The summed E-state index contributed by atoms with van der Waals surface area (Å²) in [5.41, 5.74) is 0. The van der Waals surface area contributed by atoms with E-state index in [1.165, 1.54) is 4.57 Å². The first-order chi connectivity index (χ1) is 8.02. The summed E-state index contributed by atoms with van der Waals surface area (Å²) >= 11 is 1.59. The summed E-state index contributed by atoms with van der Waals surface area (Å²) in [7, 11) is 1.45. The minimum Gasteiger partial charge on any atom is -0.301 e. The van der Waals surface area contributed by atoms with Gasteiger partial charge in [-0.3, -0.25) is 0 Å². The monoisotopic (exact) mass is 291 g/mol. The number of hydrogen-bond donors (Lipinski definition) is 0. The van der Waals surface area contributed by atoms with Crippen molar-refractivity contribution in [3.8, 4) is 0 Å². The Morgan fingerprint density at radius 2 is 2.24 bits per heavy atom.